The van der Waals surface area contributed by atoms with Gasteiger partial charge >= 0.3 is 0 Å². The highest BCUT2D eigenvalue weighted by Crippen LogP contribution is 2.32. The van der Waals surface area contributed by atoms with Crippen molar-refractivity contribution in [3.63, 3.8) is 0 Å². The van der Waals surface area contributed by atoms with Crippen LogP contribution in [0, 0.1) is 0 Å². The lowest BCUT2D eigenvalue weighted by atomic mass is 9.94. The lowest BCUT2D eigenvalue weighted by Gasteiger charge is -2.28. The summed E-state index contributed by atoms with van der Waals surface area (Å²) < 4.78 is 0. The topological polar surface area (TPSA) is 90.5 Å². The van der Waals surface area contributed by atoms with Crippen LogP contribution in [0.15, 0.2) is 24.3 Å². The zero-order valence-electron chi connectivity index (χ0n) is 21.0. The van der Waals surface area contributed by atoms with Crippen LogP contribution in [0.25, 0.3) is 0 Å². The molecular weight excluding hydrogens is 464 g/mol. The van der Waals surface area contributed by atoms with E-state index in [9.17, 15) is 9.59 Å². The Morgan fingerprint density at radius 2 is 1.89 bits per heavy atom. The van der Waals surface area contributed by atoms with Gasteiger partial charge < -0.3 is 20.4 Å². The smallest absolute Gasteiger partial charge is 0.273 e. The first-order valence-electron chi connectivity index (χ1n) is 12.4. The summed E-state index contributed by atoms with van der Waals surface area (Å²) in [7, 11) is 0. The van der Waals surface area contributed by atoms with Crippen molar-refractivity contribution in [2.45, 2.75) is 71.5 Å². The highest BCUT2D eigenvalue weighted by molar-refractivity contribution is 6.30. The number of anilines is 2. The minimum Gasteiger partial charge on any atom is -0.364 e. The second-order valence-corrected chi connectivity index (χ2v) is 10.8. The third-order valence-corrected chi connectivity index (χ3v) is 6.75. The molecule has 2 N–H and O–H groups in total. The van der Waals surface area contributed by atoms with Gasteiger partial charge in [0.05, 0.1) is 6.54 Å². The number of hydrogen-bond donors (Lipinski definition) is 2. The quantitative estimate of drug-likeness (QED) is 0.473. The number of likely N-dealkylation sites (tertiary alicyclic amines) is 1. The molecule has 0 spiro atoms. The Labute approximate surface area is 212 Å². The van der Waals surface area contributed by atoms with Crippen LogP contribution >= 0.6 is 11.6 Å². The fraction of sp³-hybridized carbons (Fsp3) is 0.538. The van der Waals surface area contributed by atoms with Gasteiger partial charge in [-0.2, -0.15) is 4.98 Å². The van der Waals surface area contributed by atoms with Gasteiger partial charge in [0, 0.05) is 48.2 Å². The van der Waals surface area contributed by atoms with Crippen molar-refractivity contribution in [2.24, 2.45) is 0 Å². The molecule has 35 heavy (non-hydrogen) atoms. The normalized spacial score (nSPS) is 15.8. The molecule has 8 nitrogen and oxygen atoms in total. The van der Waals surface area contributed by atoms with E-state index in [-0.39, 0.29) is 23.4 Å². The molecule has 9 heteroatoms. The van der Waals surface area contributed by atoms with Crippen LogP contribution in [0.2, 0.25) is 5.02 Å². The summed E-state index contributed by atoms with van der Waals surface area (Å²) in [5, 5.41) is 7.57. The van der Waals surface area contributed by atoms with Gasteiger partial charge in [-0.1, -0.05) is 23.7 Å². The molecule has 0 aliphatic carbocycles. The van der Waals surface area contributed by atoms with Crippen molar-refractivity contribution in [1.82, 2.24) is 19.8 Å². The summed E-state index contributed by atoms with van der Waals surface area (Å²) in [5.74, 6) is 1.28. The number of nitrogens with one attached hydrogen (secondary N) is 2. The largest absolute Gasteiger partial charge is 0.364 e. The summed E-state index contributed by atoms with van der Waals surface area (Å²) in [6, 6.07) is 7.91. The van der Waals surface area contributed by atoms with Crippen LogP contribution in [-0.2, 0) is 17.8 Å². The molecule has 0 saturated carbocycles. The van der Waals surface area contributed by atoms with E-state index < -0.39 is 0 Å². The second-order valence-electron chi connectivity index (χ2n) is 10.3. The number of halogens is 1. The van der Waals surface area contributed by atoms with Gasteiger partial charge in [-0.05, 0) is 64.7 Å². The third-order valence-electron chi connectivity index (χ3n) is 6.50. The molecule has 2 aromatic rings. The zero-order chi connectivity index (χ0) is 25.2. The molecule has 0 atom stereocenters. The van der Waals surface area contributed by atoms with Gasteiger partial charge in [-0.15, -0.1) is 0 Å². The fourth-order valence-corrected chi connectivity index (χ4v) is 4.80. The summed E-state index contributed by atoms with van der Waals surface area (Å²) in [4.78, 5) is 38.0. The lowest BCUT2D eigenvalue weighted by molar-refractivity contribution is -0.127. The Hall–Kier alpha value is -2.87. The van der Waals surface area contributed by atoms with E-state index in [1.807, 2.05) is 47.9 Å². The van der Waals surface area contributed by atoms with Crippen molar-refractivity contribution < 1.29 is 9.59 Å². The minimum atomic E-state index is -0.322. The average Bonchev–Trinajstić information content (AvgIpc) is 3.35. The fourth-order valence-electron chi connectivity index (χ4n) is 4.68. The van der Waals surface area contributed by atoms with Gasteiger partial charge in [-0.3, -0.25) is 9.59 Å². The number of fused-ring (bicyclic) bond motifs is 1. The monoisotopic (exact) mass is 498 g/mol. The number of rotatable bonds is 10. The Kier molecular flexibility index (Phi) is 7.50. The van der Waals surface area contributed by atoms with Gasteiger partial charge in [0.15, 0.2) is 0 Å². The zero-order valence-corrected chi connectivity index (χ0v) is 21.8. The Balaban J connectivity index is 1.51. The Bertz CT molecular complexity index is 1090. The maximum absolute atomic E-state index is 13.1. The number of carbonyl (C=O) groups excluding carboxylic acids is 2. The van der Waals surface area contributed by atoms with E-state index in [0.29, 0.717) is 42.0 Å². The van der Waals surface area contributed by atoms with Crippen molar-refractivity contribution in [3.05, 3.63) is 46.1 Å². The van der Waals surface area contributed by atoms with Crippen LogP contribution in [0.4, 0.5) is 11.8 Å². The number of amides is 2. The lowest BCUT2D eigenvalue weighted by Crippen LogP contribution is -2.34. The van der Waals surface area contributed by atoms with Crippen LogP contribution in [0.5, 0.6) is 0 Å². The summed E-state index contributed by atoms with van der Waals surface area (Å²) in [6.07, 6.45) is 3.15. The van der Waals surface area contributed by atoms with E-state index in [2.05, 4.69) is 29.5 Å². The minimum absolute atomic E-state index is 0.0679. The van der Waals surface area contributed by atoms with Gasteiger partial charge in [0.2, 0.25) is 11.9 Å². The van der Waals surface area contributed by atoms with E-state index in [1.54, 1.807) is 0 Å². The molecule has 1 aromatic carbocycles. The molecule has 3 heterocycles. The molecular formula is C26H35ClN6O2. The number of carbonyl (C=O) groups is 2. The molecule has 1 fully saturated rings. The maximum Gasteiger partial charge on any atom is 0.273 e. The first-order chi connectivity index (χ1) is 16.6. The first-order valence-corrected chi connectivity index (χ1v) is 12.8. The molecule has 2 aliphatic rings. The molecule has 2 aliphatic heterocycles. The van der Waals surface area contributed by atoms with Crippen molar-refractivity contribution in [1.29, 1.82) is 0 Å². The molecule has 1 saturated heterocycles. The van der Waals surface area contributed by atoms with Crippen LogP contribution in [0.1, 0.15) is 68.6 Å². The molecule has 0 unspecified atom stereocenters. The van der Waals surface area contributed by atoms with Crippen molar-refractivity contribution in [3.8, 4) is 0 Å². The van der Waals surface area contributed by atoms with Crippen LogP contribution in [0.3, 0.4) is 0 Å². The molecule has 0 radical (unpaired) electrons. The summed E-state index contributed by atoms with van der Waals surface area (Å²) >= 11 is 6.05. The molecule has 4 rings (SSSR count). The number of benzene rings is 1. The Morgan fingerprint density at radius 3 is 2.54 bits per heavy atom. The first kappa shape index (κ1) is 25.2. The van der Waals surface area contributed by atoms with E-state index in [4.69, 9.17) is 16.6 Å². The number of hydrogen-bond acceptors (Lipinski definition) is 6. The SMILES string of the molecule is CC(C)N1Cc2c(NC(C)(C)Cc3ccc(Cl)cc3)nc(NCCCN3CCCC3=O)nc2C1=O. The van der Waals surface area contributed by atoms with Gasteiger partial charge in [-0.25, -0.2) is 4.98 Å². The van der Waals surface area contributed by atoms with Crippen molar-refractivity contribution >= 4 is 35.2 Å². The highest BCUT2D eigenvalue weighted by atomic mass is 35.5. The Morgan fingerprint density at radius 1 is 1.14 bits per heavy atom. The van der Waals surface area contributed by atoms with E-state index in [1.165, 1.54) is 0 Å². The van der Waals surface area contributed by atoms with E-state index in [0.717, 1.165) is 43.5 Å². The van der Waals surface area contributed by atoms with Gasteiger partial charge in [0.25, 0.3) is 5.91 Å². The van der Waals surface area contributed by atoms with Gasteiger partial charge in [0.1, 0.15) is 11.5 Å². The average molecular weight is 499 g/mol. The molecule has 1 aromatic heterocycles. The van der Waals surface area contributed by atoms with Crippen LogP contribution < -0.4 is 10.6 Å². The number of aromatic nitrogens is 2. The molecule has 0 bridgehead atoms. The number of nitrogens with zero attached hydrogens (tertiary/aromatic N) is 4. The van der Waals surface area contributed by atoms with Crippen molar-refractivity contribution in [2.75, 3.05) is 30.3 Å². The van der Waals surface area contributed by atoms with Crippen LogP contribution in [-0.4, -0.2) is 62.8 Å². The predicted octanol–water partition coefficient (Wildman–Crippen LogP) is 4.35. The summed E-state index contributed by atoms with van der Waals surface area (Å²) in [5.41, 5.74) is 2.13. The predicted molar refractivity (Wildman–Crippen MR) is 139 cm³/mol. The standard InChI is InChI=1S/C26H35ClN6O2/c1-17(2)33-16-20-22(24(33)35)29-25(28-12-6-14-32-13-5-7-21(32)34)30-23(20)31-26(3,4)15-18-8-10-19(27)11-9-18/h8-11,17H,5-7,12-16H2,1-4H3,(H2,28,29,30,31). The third kappa shape index (κ3) is 6.04. The summed E-state index contributed by atoms with van der Waals surface area (Å²) in [6.45, 7) is 10.9. The second kappa shape index (κ2) is 10.4. The van der Waals surface area contributed by atoms with E-state index >= 15 is 0 Å². The molecule has 188 valence electrons. The highest BCUT2D eigenvalue weighted by Gasteiger charge is 2.35. The molecule has 2 amide bonds. The maximum atomic E-state index is 13.1.